The fourth-order valence-electron chi connectivity index (χ4n) is 4.54. The second-order valence-electron chi connectivity index (χ2n) is 8.65. The fraction of sp³-hybridized carbons (Fsp3) is 0.696. The molecule has 2 saturated heterocycles. The molecule has 0 spiro atoms. The number of benzene rings is 1. The van der Waals surface area contributed by atoms with Crippen molar-refractivity contribution in [2.24, 2.45) is 5.92 Å². The first-order chi connectivity index (χ1) is 13.6. The summed E-state index contributed by atoms with van der Waals surface area (Å²) in [6, 6.07) is 8.19. The molecular formula is C23H36ClN3O. The molecule has 0 aliphatic carbocycles. The fourth-order valence-corrected chi connectivity index (χ4v) is 4.66. The van der Waals surface area contributed by atoms with Crippen molar-refractivity contribution in [1.82, 2.24) is 14.7 Å². The van der Waals surface area contributed by atoms with Crippen molar-refractivity contribution >= 4 is 17.5 Å². The summed E-state index contributed by atoms with van der Waals surface area (Å²) in [7, 11) is 1.99. The number of amides is 1. The van der Waals surface area contributed by atoms with E-state index in [1.165, 1.54) is 50.6 Å². The maximum absolute atomic E-state index is 12.7. The van der Waals surface area contributed by atoms with Crippen LogP contribution in [0.15, 0.2) is 24.3 Å². The van der Waals surface area contributed by atoms with Crippen LogP contribution in [0.5, 0.6) is 0 Å². The van der Waals surface area contributed by atoms with E-state index in [2.05, 4.69) is 21.9 Å². The molecule has 2 heterocycles. The van der Waals surface area contributed by atoms with Crippen molar-refractivity contribution in [3.05, 3.63) is 34.9 Å². The van der Waals surface area contributed by atoms with Crippen LogP contribution in [0.25, 0.3) is 0 Å². The van der Waals surface area contributed by atoms with E-state index in [0.717, 1.165) is 44.2 Å². The van der Waals surface area contributed by atoms with E-state index >= 15 is 0 Å². The SMILES string of the molecule is CN(C[C@H]1CCCN(CCc2ccc(Cl)cc2)C1)C(=O)CN1CCCCCC1. The lowest BCUT2D eigenvalue weighted by atomic mass is 9.97. The van der Waals surface area contributed by atoms with Gasteiger partial charge in [-0.05, 0) is 75.4 Å². The number of carbonyl (C=O) groups is 1. The highest BCUT2D eigenvalue weighted by Crippen LogP contribution is 2.19. The summed E-state index contributed by atoms with van der Waals surface area (Å²) < 4.78 is 0. The summed E-state index contributed by atoms with van der Waals surface area (Å²) >= 11 is 5.98. The van der Waals surface area contributed by atoms with Gasteiger partial charge in [0, 0.05) is 31.7 Å². The number of likely N-dealkylation sites (tertiary alicyclic amines) is 2. The lowest BCUT2D eigenvalue weighted by Gasteiger charge is -2.35. The standard InChI is InChI=1S/C23H36ClN3O/c1-25(23(28)19-26-13-4-2-3-5-14-26)17-21-7-6-15-27(18-21)16-12-20-8-10-22(24)11-9-20/h8-11,21H,2-7,12-19H2,1H3/t21-/m1/s1. The highest BCUT2D eigenvalue weighted by molar-refractivity contribution is 6.30. The maximum atomic E-state index is 12.7. The van der Waals surface area contributed by atoms with Crippen molar-refractivity contribution in [2.75, 3.05) is 52.9 Å². The van der Waals surface area contributed by atoms with Crippen molar-refractivity contribution < 1.29 is 4.79 Å². The predicted octanol–water partition coefficient (Wildman–Crippen LogP) is 3.93. The molecule has 2 aliphatic heterocycles. The summed E-state index contributed by atoms with van der Waals surface area (Å²) in [6.45, 7) is 7.03. The lowest BCUT2D eigenvalue weighted by molar-refractivity contribution is -0.131. The van der Waals surface area contributed by atoms with Crippen LogP contribution in [0.2, 0.25) is 5.02 Å². The Bertz CT molecular complexity index is 598. The Hall–Kier alpha value is -1.10. The molecule has 156 valence electrons. The molecule has 0 radical (unpaired) electrons. The summed E-state index contributed by atoms with van der Waals surface area (Å²) in [5.41, 5.74) is 1.34. The second kappa shape index (κ2) is 11.2. The van der Waals surface area contributed by atoms with Gasteiger partial charge in [-0.1, -0.05) is 36.6 Å². The Morgan fingerprint density at radius 2 is 1.71 bits per heavy atom. The van der Waals surface area contributed by atoms with Crippen LogP contribution in [-0.2, 0) is 11.2 Å². The lowest BCUT2D eigenvalue weighted by Crippen LogP contribution is -2.44. The van der Waals surface area contributed by atoms with Gasteiger partial charge in [0.25, 0.3) is 0 Å². The summed E-state index contributed by atoms with van der Waals surface area (Å²) in [5, 5.41) is 0.801. The van der Waals surface area contributed by atoms with Crippen LogP contribution < -0.4 is 0 Å². The molecule has 5 heteroatoms. The van der Waals surface area contributed by atoms with Crippen molar-refractivity contribution in [3.63, 3.8) is 0 Å². The molecule has 2 fully saturated rings. The average Bonchev–Trinajstić information content (AvgIpc) is 2.96. The topological polar surface area (TPSA) is 26.8 Å². The molecule has 3 rings (SSSR count). The largest absolute Gasteiger partial charge is 0.344 e. The summed E-state index contributed by atoms with van der Waals surface area (Å²) in [4.78, 5) is 19.6. The molecule has 0 bridgehead atoms. The number of piperidine rings is 1. The number of hydrogen-bond donors (Lipinski definition) is 0. The molecular weight excluding hydrogens is 370 g/mol. The quantitative estimate of drug-likeness (QED) is 0.687. The van der Waals surface area contributed by atoms with Crippen LogP contribution in [0.3, 0.4) is 0 Å². The third kappa shape index (κ3) is 7.06. The minimum atomic E-state index is 0.292. The molecule has 2 aliphatic rings. The molecule has 0 saturated carbocycles. The number of hydrogen-bond acceptors (Lipinski definition) is 3. The van der Waals surface area contributed by atoms with Gasteiger partial charge in [-0.3, -0.25) is 9.69 Å². The normalized spacial score (nSPS) is 22.0. The van der Waals surface area contributed by atoms with E-state index in [4.69, 9.17) is 11.6 Å². The number of nitrogens with zero attached hydrogens (tertiary/aromatic N) is 3. The Balaban J connectivity index is 1.40. The zero-order chi connectivity index (χ0) is 19.8. The average molecular weight is 406 g/mol. The van der Waals surface area contributed by atoms with Gasteiger partial charge in [-0.2, -0.15) is 0 Å². The Kier molecular flexibility index (Phi) is 8.63. The molecule has 1 amide bonds. The minimum Gasteiger partial charge on any atom is -0.344 e. The van der Waals surface area contributed by atoms with Crippen molar-refractivity contribution in [3.8, 4) is 0 Å². The highest BCUT2D eigenvalue weighted by atomic mass is 35.5. The number of carbonyl (C=O) groups excluding carboxylic acids is 1. The third-order valence-corrected chi connectivity index (χ3v) is 6.50. The zero-order valence-electron chi connectivity index (χ0n) is 17.4. The van der Waals surface area contributed by atoms with Crippen molar-refractivity contribution in [1.29, 1.82) is 0 Å². The van der Waals surface area contributed by atoms with Crippen molar-refractivity contribution in [2.45, 2.75) is 44.9 Å². The molecule has 0 unspecified atom stereocenters. The van der Waals surface area contributed by atoms with E-state index in [9.17, 15) is 4.79 Å². The predicted molar refractivity (Wildman–Crippen MR) is 117 cm³/mol. The number of likely N-dealkylation sites (N-methyl/N-ethyl adjacent to an activating group) is 1. The van der Waals surface area contributed by atoms with E-state index in [-0.39, 0.29) is 0 Å². The van der Waals surface area contributed by atoms with E-state index in [0.29, 0.717) is 18.4 Å². The van der Waals surface area contributed by atoms with Gasteiger partial charge < -0.3 is 9.80 Å². The number of rotatable bonds is 7. The molecule has 1 aromatic carbocycles. The minimum absolute atomic E-state index is 0.292. The zero-order valence-corrected chi connectivity index (χ0v) is 18.2. The first-order valence-electron chi connectivity index (χ1n) is 11.0. The monoisotopic (exact) mass is 405 g/mol. The van der Waals surface area contributed by atoms with E-state index in [1.54, 1.807) is 0 Å². The van der Waals surface area contributed by atoms with Gasteiger partial charge >= 0.3 is 0 Å². The first-order valence-corrected chi connectivity index (χ1v) is 11.4. The number of halogens is 1. The third-order valence-electron chi connectivity index (χ3n) is 6.25. The molecule has 1 atom stereocenters. The van der Waals surface area contributed by atoms with Gasteiger partial charge in [-0.25, -0.2) is 0 Å². The van der Waals surface area contributed by atoms with Crippen LogP contribution in [0.4, 0.5) is 0 Å². The molecule has 1 aromatic rings. The van der Waals surface area contributed by atoms with Crippen LogP contribution >= 0.6 is 11.6 Å². The molecule has 28 heavy (non-hydrogen) atoms. The van der Waals surface area contributed by atoms with E-state index in [1.807, 2.05) is 24.1 Å². The second-order valence-corrected chi connectivity index (χ2v) is 9.09. The highest BCUT2D eigenvalue weighted by Gasteiger charge is 2.23. The Labute approximate surface area is 175 Å². The summed E-state index contributed by atoms with van der Waals surface area (Å²) in [6.07, 6.45) is 8.64. The van der Waals surface area contributed by atoms with Gasteiger partial charge in [0.1, 0.15) is 0 Å². The van der Waals surface area contributed by atoms with Gasteiger partial charge in [0.05, 0.1) is 6.54 Å². The maximum Gasteiger partial charge on any atom is 0.236 e. The van der Waals surface area contributed by atoms with E-state index < -0.39 is 0 Å². The molecule has 0 aromatic heterocycles. The molecule has 0 N–H and O–H groups in total. The summed E-state index contributed by atoms with van der Waals surface area (Å²) in [5.74, 6) is 0.886. The van der Waals surface area contributed by atoms with Crippen LogP contribution in [0, 0.1) is 5.92 Å². The van der Waals surface area contributed by atoms with Crippen LogP contribution in [-0.4, -0.2) is 73.5 Å². The van der Waals surface area contributed by atoms with Gasteiger partial charge in [0.15, 0.2) is 0 Å². The Morgan fingerprint density at radius 1 is 1.04 bits per heavy atom. The van der Waals surface area contributed by atoms with Gasteiger partial charge in [0.2, 0.25) is 5.91 Å². The smallest absolute Gasteiger partial charge is 0.236 e. The Morgan fingerprint density at radius 3 is 2.43 bits per heavy atom. The molecule has 4 nitrogen and oxygen atoms in total. The van der Waals surface area contributed by atoms with Crippen LogP contribution in [0.1, 0.15) is 44.1 Å². The first kappa shape index (κ1) is 21.6. The van der Waals surface area contributed by atoms with Gasteiger partial charge in [-0.15, -0.1) is 0 Å².